The highest BCUT2D eigenvalue weighted by Crippen LogP contribution is 2.12. The molecule has 0 fully saturated rings. The van der Waals surface area contributed by atoms with Crippen molar-refractivity contribution in [1.82, 2.24) is 5.43 Å². The molecule has 0 spiro atoms. The summed E-state index contributed by atoms with van der Waals surface area (Å²) < 4.78 is 5.54. The van der Waals surface area contributed by atoms with Crippen LogP contribution in [0.4, 0.5) is 0 Å². The van der Waals surface area contributed by atoms with Crippen LogP contribution in [0.5, 0.6) is 5.75 Å². The molecule has 0 aromatic heterocycles. The van der Waals surface area contributed by atoms with Gasteiger partial charge in [0.1, 0.15) is 5.75 Å². The number of hydrogen-bond donors (Lipinski definition) is 1. The second-order valence-corrected chi connectivity index (χ2v) is 6.79. The average molecular weight is 361 g/mol. The summed E-state index contributed by atoms with van der Waals surface area (Å²) in [6.07, 6.45) is 14.5. The summed E-state index contributed by atoms with van der Waals surface area (Å²) in [7, 11) is 0. The Morgan fingerprint density at radius 2 is 1.54 bits per heavy atom. The minimum Gasteiger partial charge on any atom is -0.494 e. The molecule has 4 nitrogen and oxygen atoms in total. The number of unbranched alkanes of at least 4 members (excludes halogenated alkanes) is 8. The van der Waals surface area contributed by atoms with Crippen molar-refractivity contribution in [3.05, 3.63) is 29.8 Å². The van der Waals surface area contributed by atoms with Gasteiger partial charge >= 0.3 is 0 Å². The summed E-state index contributed by atoms with van der Waals surface area (Å²) in [4.78, 5) is 11.8. The number of ether oxygens (including phenoxy) is 1. The highest BCUT2D eigenvalue weighted by Gasteiger charge is 1.99. The first kappa shape index (κ1) is 22.2. The van der Waals surface area contributed by atoms with Crippen LogP contribution in [-0.2, 0) is 4.79 Å². The smallest absolute Gasteiger partial charge is 0.240 e. The first-order valence-electron chi connectivity index (χ1n) is 10.3. The zero-order chi connectivity index (χ0) is 18.9. The van der Waals surface area contributed by atoms with Gasteiger partial charge in [-0.25, -0.2) is 5.43 Å². The van der Waals surface area contributed by atoms with E-state index in [1.807, 2.05) is 24.3 Å². The van der Waals surface area contributed by atoms with Crippen LogP contribution in [0.2, 0.25) is 0 Å². The monoisotopic (exact) mass is 360 g/mol. The van der Waals surface area contributed by atoms with E-state index in [1.165, 1.54) is 44.9 Å². The Morgan fingerprint density at radius 1 is 0.923 bits per heavy atom. The summed E-state index contributed by atoms with van der Waals surface area (Å²) >= 11 is 0. The van der Waals surface area contributed by atoms with E-state index in [-0.39, 0.29) is 5.91 Å². The van der Waals surface area contributed by atoms with Gasteiger partial charge in [-0.1, -0.05) is 65.2 Å². The molecule has 1 N–H and O–H groups in total. The van der Waals surface area contributed by atoms with Crippen LogP contribution in [0, 0.1) is 0 Å². The van der Waals surface area contributed by atoms with Crippen LogP contribution >= 0.6 is 0 Å². The Kier molecular flexibility index (Phi) is 13.2. The maximum Gasteiger partial charge on any atom is 0.240 e. The number of hydrogen-bond acceptors (Lipinski definition) is 3. The highest BCUT2D eigenvalue weighted by atomic mass is 16.5. The van der Waals surface area contributed by atoms with E-state index < -0.39 is 0 Å². The molecule has 0 aliphatic rings. The molecular weight excluding hydrogens is 324 g/mol. The number of amides is 1. The summed E-state index contributed by atoms with van der Waals surface area (Å²) in [5.74, 6) is 0.852. The van der Waals surface area contributed by atoms with E-state index in [2.05, 4.69) is 24.4 Å². The van der Waals surface area contributed by atoms with Gasteiger partial charge in [0.05, 0.1) is 12.8 Å². The van der Waals surface area contributed by atoms with Gasteiger partial charge in [0.25, 0.3) is 0 Å². The van der Waals surface area contributed by atoms with Crippen LogP contribution in [0.15, 0.2) is 29.4 Å². The normalized spacial score (nSPS) is 11.0. The summed E-state index contributed by atoms with van der Waals surface area (Å²) in [5, 5.41) is 4.02. The maximum absolute atomic E-state index is 11.8. The van der Waals surface area contributed by atoms with Crippen molar-refractivity contribution >= 4 is 12.1 Å². The molecule has 0 heterocycles. The third-order valence-electron chi connectivity index (χ3n) is 4.26. The largest absolute Gasteiger partial charge is 0.494 e. The summed E-state index contributed by atoms with van der Waals surface area (Å²) in [6.45, 7) is 5.05. The second-order valence-electron chi connectivity index (χ2n) is 6.79. The number of benzene rings is 1. The third-order valence-corrected chi connectivity index (χ3v) is 4.26. The van der Waals surface area contributed by atoms with Crippen molar-refractivity contribution in [1.29, 1.82) is 0 Å². The predicted octanol–water partition coefficient (Wildman–Crippen LogP) is 5.85. The lowest BCUT2D eigenvalue weighted by Gasteiger charge is -2.04. The molecule has 0 saturated heterocycles. The van der Waals surface area contributed by atoms with Gasteiger partial charge in [-0.3, -0.25) is 4.79 Å². The van der Waals surface area contributed by atoms with Gasteiger partial charge in [0.15, 0.2) is 0 Å². The molecule has 0 unspecified atom stereocenters. The lowest BCUT2D eigenvalue weighted by atomic mass is 10.1. The molecular formula is C22H36N2O2. The van der Waals surface area contributed by atoms with Gasteiger partial charge in [0, 0.05) is 6.42 Å². The highest BCUT2D eigenvalue weighted by molar-refractivity contribution is 5.82. The number of rotatable bonds is 15. The molecule has 1 rings (SSSR count). The number of carbonyl (C=O) groups is 1. The van der Waals surface area contributed by atoms with Gasteiger partial charge in [-0.15, -0.1) is 0 Å². The minimum atomic E-state index is -0.00732. The molecule has 0 saturated carbocycles. The topological polar surface area (TPSA) is 50.7 Å². The fourth-order valence-electron chi connectivity index (χ4n) is 2.70. The van der Waals surface area contributed by atoms with Gasteiger partial charge in [-0.2, -0.15) is 5.10 Å². The first-order valence-corrected chi connectivity index (χ1v) is 10.3. The lowest BCUT2D eigenvalue weighted by molar-refractivity contribution is -0.121. The van der Waals surface area contributed by atoms with Crippen LogP contribution in [0.3, 0.4) is 0 Å². The molecule has 0 atom stereocenters. The maximum atomic E-state index is 11.8. The van der Waals surface area contributed by atoms with E-state index >= 15 is 0 Å². The van der Waals surface area contributed by atoms with E-state index in [9.17, 15) is 4.79 Å². The Bertz CT molecular complexity index is 497. The molecule has 0 radical (unpaired) electrons. The van der Waals surface area contributed by atoms with E-state index in [0.29, 0.717) is 6.42 Å². The zero-order valence-corrected chi connectivity index (χ0v) is 16.6. The Hall–Kier alpha value is -1.84. The molecule has 1 amide bonds. The summed E-state index contributed by atoms with van der Waals surface area (Å²) in [6, 6.07) is 7.70. The molecule has 0 aliphatic heterocycles. The van der Waals surface area contributed by atoms with Crippen molar-refractivity contribution in [2.75, 3.05) is 6.61 Å². The Balaban J connectivity index is 2.06. The standard InChI is InChI=1S/C22H36N2O2/c1-3-5-6-7-8-9-10-11-12-13-22(25)24-23-19-20-14-16-21(17-15-20)26-18-4-2/h14-17,19H,3-13,18H2,1-2H3,(H,24,25). The number of hydrazone groups is 1. The second kappa shape index (κ2) is 15.4. The zero-order valence-electron chi connectivity index (χ0n) is 16.6. The van der Waals surface area contributed by atoms with Crippen molar-refractivity contribution in [2.45, 2.75) is 84.5 Å². The third kappa shape index (κ3) is 11.7. The van der Waals surface area contributed by atoms with Crippen LogP contribution in [0.25, 0.3) is 0 Å². The summed E-state index contributed by atoms with van der Waals surface area (Å²) in [5.41, 5.74) is 3.55. The van der Waals surface area contributed by atoms with Crippen molar-refractivity contribution in [2.24, 2.45) is 5.10 Å². The van der Waals surface area contributed by atoms with Crippen molar-refractivity contribution in [3.63, 3.8) is 0 Å². The van der Waals surface area contributed by atoms with Crippen LogP contribution in [0.1, 0.15) is 90.0 Å². The molecule has 1 aromatic rings. The fourth-order valence-corrected chi connectivity index (χ4v) is 2.70. The lowest BCUT2D eigenvalue weighted by Crippen LogP contribution is -2.16. The average Bonchev–Trinajstić information content (AvgIpc) is 2.66. The van der Waals surface area contributed by atoms with Crippen molar-refractivity contribution < 1.29 is 9.53 Å². The van der Waals surface area contributed by atoms with Crippen molar-refractivity contribution in [3.8, 4) is 5.75 Å². The Labute approximate surface area is 159 Å². The van der Waals surface area contributed by atoms with Gasteiger partial charge in [0.2, 0.25) is 5.91 Å². The molecule has 0 bridgehead atoms. The van der Waals surface area contributed by atoms with Crippen LogP contribution < -0.4 is 10.2 Å². The van der Waals surface area contributed by atoms with E-state index in [4.69, 9.17) is 4.74 Å². The predicted molar refractivity (Wildman–Crippen MR) is 110 cm³/mol. The first-order chi connectivity index (χ1) is 12.8. The van der Waals surface area contributed by atoms with Gasteiger partial charge < -0.3 is 4.74 Å². The molecule has 146 valence electrons. The molecule has 26 heavy (non-hydrogen) atoms. The SMILES string of the molecule is CCCCCCCCCCCC(=O)NN=Cc1ccc(OCCC)cc1. The Morgan fingerprint density at radius 3 is 2.15 bits per heavy atom. The molecule has 4 heteroatoms. The molecule has 1 aromatic carbocycles. The number of nitrogens with zero attached hydrogens (tertiary/aromatic N) is 1. The number of nitrogens with one attached hydrogen (secondary N) is 1. The minimum absolute atomic E-state index is 0.00732. The van der Waals surface area contributed by atoms with Gasteiger partial charge in [-0.05, 0) is 42.7 Å². The van der Waals surface area contributed by atoms with Crippen LogP contribution in [-0.4, -0.2) is 18.7 Å². The number of carbonyl (C=O) groups excluding carboxylic acids is 1. The molecule has 0 aliphatic carbocycles. The quantitative estimate of drug-likeness (QED) is 0.242. The van der Waals surface area contributed by atoms with E-state index in [1.54, 1.807) is 6.21 Å². The van der Waals surface area contributed by atoms with E-state index in [0.717, 1.165) is 37.2 Å². The fraction of sp³-hybridized carbons (Fsp3) is 0.636.